The van der Waals surface area contributed by atoms with Crippen molar-refractivity contribution in [1.29, 1.82) is 0 Å². The first-order valence-electron chi connectivity index (χ1n) is 10.7. The van der Waals surface area contributed by atoms with Crippen LogP contribution in [0.25, 0.3) is 0 Å². The minimum atomic E-state index is -0.231. The van der Waals surface area contributed by atoms with Gasteiger partial charge in [0, 0.05) is 39.1 Å². The predicted molar refractivity (Wildman–Crippen MR) is 119 cm³/mol. The van der Waals surface area contributed by atoms with E-state index >= 15 is 0 Å². The largest absolute Gasteiger partial charge is 0.383 e. The number of methoxy groups -OCH3 is 1. The van der Waals surface area contributed by atoms with Gasteiger partial charge in [-0.1, -0.05) is 44.2 Å². The molecular formula is C24H35N3O3. The Bertz CT molecular complexity index is 788. The van der Waals surface area contributed by atoms with E-state index in [0.717, 1.165) is 17.7 Å². The molecule has 6 heteroatoms. The highest BCUT2D eigenvalue weighted by atomic mass is 16.5. The molecule has 1 aromatic carbocycles. The van der Waals surface area contributed by atoms with E-state index in [9.17, 15) is 9.59 Å². The number of amides is 2. The quantitative estimate of drug-likeness (QED) is 0.536. The molecule has 0 saturated carbocycles. The fraction of sp³-hybridized carbons (Fsp3) is 0.500. The summed E-state index contributed by atoms with van der Waals surface area (Å²) < 4.78 is 7.21. The highest BCUT2D eigenvalue weighted by Crippen LogP contribution is 2.22. The van der Waals surface area contributed by atoms with Crippen molar-refractivity contribution in [3.8, 4) is 0 Å². The molecule has 2 amide bonds. The van der Waals surface area contributed by atoms with E-state index in [4.69, 9.17) is 4.74 Å². The Kier molecular flexibility index (Phi) is 9.61. The third-order valence-corrected chi connectivity index (χ3v) is 5.36. The van der Waals surface area contributed by atoms with Crippen LogP contribution in [0.4, 0.5) is 0 Å². The highest BCUT2D eigenvalue weighted by molar-refractivity contribution is 5.88. The second kappa shape index (κ2) is 12.2. The highest BCUT2D eigenvalue weighted by Gasteiger charge is 2.27. The number of aryl methyl sites for hydroxylation is 1. The standard InChI is InChI=1S/C24H35N3O3/c1-5-14-27(24(29)22(6-2)20-11-8-7-9-12-20)19-23(28)26(16-17-30-4)18-21-13-10-15-25(21)3/h7-13,15,22H,5-6,14,16-19H2,1-4H3. The molecular weight excluding hydrogens is 378 g/mol. The lowest BCUT2D eigenvalue weighted by atomic mass is 9.95. The van der Waals surface area contributed by atoms with Gasteiger partial charge in [0.1, 0.15) is 0 Å². The number of nitrogens with zero attached hydrogens (tertiary/aromatic N) is 3. The van der Waals surface area contributed by atoms with Crippen LogP contribution in [-0.2, 0) is 27.9 Å². The van der Waals surface area contributed by atoms with Crippen LogP contribution in [0.1, 0.15) is 43.9 Å². The number of hydrogen-bond donors (Lipinski definition) is 0. The fourth-order valence-corrected chi connectivity index (χ4v) is 3.61. The first-order valence-corrected chi connectivity index (χ1v) is 10.7. The molecule has 0 N–H and O–H groups in total. The van der Waals surface area contributed by atoms with E-state index in [2.05, 4.69) is 0 Å². The zero-order chi connectivity index (χ0) is 21.9. The molecule has 0 radical (unpaired) electrons. The molecule has 0 aliphatic rings. The topological polar surface area (TPSA) is 54.8 Å². The summed E-state index contributed by atoms with van der Waals surface area (Å²) in [6, 6.07) is 13.8. The van der Waals surface area contributed by atoms with Gasteiger partial charge < -0.3 is 19.1 Å². The third-order valence-electron chi connectivity index (χ3n) is 5.36. The van der Waals surface area contributed by atoms with Gasteiger partial charge in [0.15, 0.2) is 0 Å². The van der Waals surface area contributed by atoms with Crippen molar-refractivity contribution in [2.75, 3.05) is 33.4 Å². The van der Waals surface area contributed by atoms with Gasteiger partial charge in [0.05, 0.1) is 25.6 Å². The van der Waals surface area contributed by atoms with Gasteiger partial charge in [0.2, 0.25) is 11.8 Å². The van der Waals surface area contributed by atoms with Crippen molar-refractivity contribution in [2.45, 2.75) is 39.2 Å². The maximum absolute atomic E-state index is 13.3. The van der Waals surface area contributed by atoms with Crippen LogP contribution in [0, 0.1) is 0 Å². The Hall–Kier alpha value is -2.60. The molecule has 1 atom stereocenters. The van der Waals surface area contributed by atoms with Gasteiger partial charge in [-0.25, -0.2) is 0 Å². The first-order chi connectivity index (χ1) is 14.5. The fourth-order valence-electron chi connectivity index (χ4n) is 3.61. The summed E-state index contributed by atoms with van der Waals surface area (Å²) in [5, 5.41) is 0. The lowest BCUT2D eigenvalue weighted by molar-refractivity contribution is -0.142. The van der Waals surface area contributed by atoms with Crippen LogP contribution in [0.5, 0.6) is 0 Å². The number of carbonyl (C=O) groups is 2. The summed E-state index contributed by atoms with van der Waals surface area (Å²) in [6.45, 7) is 6.14. The molecule has 0 bridgehead atoms. The lowest BCUT2D eigenvalue weighted by Gasteiger charge is -2.30. The van der Waals surface area contributed by atoms with Gasteiger partial charge >= 0.3 is 0 Å². The maximum Gasteiger partial charge on any atom is 0.242 e. The molecule has 1 heterocycles. The Morgan fingerprint density at radius 1 is 1.03 bits per heavy atom. The smallest absolute Gasteiger partial charge is 0.242 e. The van der Waals surface area contributed by atoms with Crippen LogP contribution < -0.4 is 0 Å². The average molecular weight is 414 g/mol. The summed E-state index contributed by atoms with van der Waals surface area (Å²) in [6.07, 6.45) is 3.47. The van der Waals surface area contributed by atoms with Crippen molar-refractivity contribution in [3.05, 3.63) is 59.9 Å². The van der Waals surface area contributed by atoms with E-state index in [1.54, 1.807) is 16.9 Å². The minimum absolute atomic E-state index is 0.0180. The Labute approximate surface area is 180 Å². The van der Waals surface area contributed by atoms with Crippen LogP contribution in [0.2, 0.25) is 0 Å². The lowest BCUT2D eigenvalue weighted by Crippen LogP contribution is -2.45. The number of aromatic nitrogens is 1. The number of carbonyl (C=O) groups excluding carboxylic acids is 2. The van der Waals surface area contributed by atoms with Gasteiger partial charge in [-0.3, -0.25) is 9.59 Å². The number of ether oxygens (including phenoxy) is 1. The Morgan fingerprint density at radius 2 is 1.77 bits per heavy atom. The SMILES string of the molecule is CCCN(CC(=O)N(CCOC)Cc1cccn1C)C(=O)C(CC)c1ccccc1. The van der Waals surface area contributed by atoms with E-state index in [-0.39, 0.29) is 24.3 Å². The van der Waals surface area contributed by atoms with Crippen molar-refractivity contribution in [2.24, 2.45) is 7.05 Å². The van der Waals surface area contributed by atoms with Gasteiger partial charge in [0.25, 0.3) is 0 Å². The summed E-state index contributed by atoms with van der Waals surface area (Å²) in [5.41, 5.74) is 2.04. The first kappa shape index (κ1) is 23.7. The van der Waals surface area contributed by atoms with Crippen molar-refractivity contribution in [3.63, 3.8) is 0 Å². The monoisotopic (exact) mass is 413 g/mol. The number of rotatable bonds is 12. The summed E-state index contributed by atoms with van der Waals surface area (Å²) in [4.78, 5) is 30.0. The molecule has 1 aromatic heterocycles. The average Bonchev–Trinajstić information content (AvgIpc) is 3.16. The molecule has 6 nitrogen and oxygen atoms in total. The second-order valence-electron chi connectivity index (χ2n) is 7.55. The molecule has 2 aromatic rings. The van der Waals surface area contributed by atoms with Crippen LogP contribution in [0.3, 0.4) is 0 Å². The molecule has 0 aliphatic carbocycles. The van der Waals surface area contributed by atoms with E-state index in [1.165, 1.54) is 0 Å². The molecule has 1 unspecified atom stereocenters. The number of hydrogen-bond acceptors (Lipinski definition) is 3. The van der Waals surface area contributed by atoms with Crippen LogP contribution in [-0.4, -0.2) is 59.5 Å². The summed E-state index contributed by atoms with van der Waals surface area (Å²) in [5.74, 6) is -0.270. The predicted octanol–water partition coefficient (Wildman–Crippen LogP) is 3.43. The van der Waals surface area contributed by atoms with Crippen molar-refractivity contribution < 1.29 is 14.3 Å². The van der Waals surface area contributed by atoms with Gasteiger partial charge in [-0.15, -0.1) is 0 Å². The Balaban J connectivity index is 2.15. The normalized spacial score (nSPS) is 11.9. The maximum atomic E-state index is 13.3. The zero-order valence-electron chi connectivity index (χ0n) is 18.7. The third kappa shape index (κ3) is 6.46. The van der Waals surface area contributed by atoms with E-state index in [0.29, 0.717) is 32.7 Å². The van der Waals surface area contributed by atoms with Crippen LogP contribution >= 0.6 is 0 Å². The van der Waals surface area contributed by atoms with Gasteiger partial charge in [-0.05, 0) is 30.5 Å². The zero-order valence-corrected chi connectivity index (χ0v) is 18.7. The Morgan fingerprint density at radius 3 is 2.33 bits per heavy atom. The second-order valence-corrected chi connectivity index (χ2v) is 7.55. The van der Waals surface area contributed by atoms with E-state index in [1.807, 2.05) is 74.1 Å². The van der Waals surface area contributed by atoms with Gasteiger partial charge in [-0.2, -0.15) is 0 Å². The van der Waals surface area contributed by atoms with Crippen molar-refractivity contribution in [1.82, 2.24) is 14.4 Å². The summed E-state index contributed by atoms with van der Waals surface area (Å²) in [7, 11) is 3.59. The molecule has 0 saturated heterocycles. The number of benzene rings is 1. The van der Waals surface area contributed by atoms with Crippen molar-refractivity contribution >= 4 is 11.8 Å². The molecule has 164 valence electrons. The molecule has 2 rings (SSSR count). The molecule has 0 fully saturated rings. The molecule has 0 aliphatic heterocycles. The minimum Gasteiger partial charge on any atom is -0.383 e. The molecule has 0 spiro atoms. The summed E-state index contributed by atoms with van der Waals surface area (Å²) >= 11 is 0. The van der Waals surface area contributed by atoms with Crippen LogP contribution in [0.15, 0.2) is 48.7 Å². The van der Waals surface area contributed by atoms with E-state index < -0.39 is 0 Å². The molecule has 30 heavy (non-hydrogen) atoms.